The summed E-state index contributed by atoms with van der Waals surface area (Å²) < 4.78 is 7.42. The highest BCUT2D eigenvalue weighted by Gasteiger charge is 2.19. The summed E-state index contributed by atoms with van der Waals surface area (Å²) in [6.45, 7) is 0. The molecule has 2 heterocycles. The van der Waals surface area contributed by atoms with Crippen LogP contribution in [0.1, 0.15) is 23.2 Å². The predicted octanol–water partition coefficient (Wildman–Crippen LogP) is 1.73. The molecule has 0 amide bonds. The number of nitrogens with two attached hydrogens (primary N) is 1. The molecule has 0 fully saturated rings. The fraction of sp³-hybridized carbons (Fsp3) is 0.308. The maximum atomic E-state index is 5.76. The monoisotopic (exact) mass is 274 g/mol. The van der Waals surface area contributed by atoms with Gasteiger partial charge in [0.15, 0.2) is 5.75 Å². The number of aryl methyl sites for hydroxylation is 3. The summed E-state index contributed by atoms with van der Waals surface area (Å²) >= 11 is 5.08. The molecule has 5 nitrogen and oxygen atoms in total. The van der Waals surface area contributed by atoms with Gasteiger partial charge in [0, 0.05) is 12.7 Å². The van der Waals surface area contributed by atoms with E-state index in [2.05, 4.69) is 10.1 Å². The second-order valence-corrected chi connectivity index (χ2v) is 5.06. The molecule has 3 rings (SSSR count). The zero-order chi connectivity index (χ0) is 13.4. The van der Waals surface area contributed by atoms with Gasteiger partial charge in [0.05, 0.1) is 18.0 Å². The smallest absolute Gasteiger partial charge is 0.229 e. The van der Waals surface area contributed by atoms with Gasteiger partial charge in [-0.05, 0) is 30.9 Å². The van der Waals surface area contributed by atoms with Gasteiger partial charge >= 0.3 is 0 Å². The third-order valence-electron chi connectivity index (χ3n) is 3.18. The van der Waals surface area contributed by atoms with Crippen LogP contribution in [-0.2, 0) is 19.9 Å². The van der Waals surface area contributed by atoms with Crippen molar-refractivity contribution in [2.45, 2.75) is 19.3 Å². The summed E-state index contributed by atoms with van der Waals surface area (Å²) in [5.41, 5.74) is 8.76. The van der Waals surface area contributed by atoms with Crippen LogP contribution in [0, 0.1) is 0 Å². The molecule has 1 aliphatic carbocycles. The standard InChI is InChI=1S/C13H14N4OS/c1-17-7-9(6-15-17)18-13-10(12(14)19)5-8-3-2-4-11(8)16-13/h5-7H,2-4H2,1H3,(H2,14,19). The van der Waals surface area contributed by atoms with E-state index in [1.54, 1.807) is 17.1 Å². The maximum Gasteiger partial charge on any atom is 0.229 e. The van der Waals surface area contributed by atoms with Crippen LogP contribution < -0.4 is 10.5 Å². The van der Waals surface area contributed by atoms with Gasteiger partial charge in [-0.3, -0.25) is 4.68 Å². The molecule has 2 aromatic rings. The van der Waals surface area contributed by atoms with Gasteiger partial charge in [-0.15, -0.1) is 0 Å². The predicted molar refractivity (Wildman–Crippen MR) is 75.4 cm³/mol. The van der Waals surface area contributed by atoms with E-state index < -0.39 is 0 Å². The number of pyridine rings is 1. The van der Waals surface area contributed by atoms with Crippen molar-refractivity contribution in [3.63, 3.8) is 0 Å². The van der Waals surface area contributed by atoms with E-state index >= 15 is 0 Å². The minimum atomic E-state index is 0.307. The van der Waals surface area contributed by atoms with Gasteiger partial charge < -0.3 is 10.5 Å². The molecule has 0 unspecified atom stereocenters. The van der Waals surface area contributed by atoms with Gasteiger partial charge in [0.1, 0.15) is 4.99 Å². The third kappa shape index (κ3) is 2.31. The molecule has 0 saturated carbocycles. The molecule has 2 aromatic heterocycles. The lowest BCUT2D eigenvalue weighted by atomic mass is 10.1. The normalized spacial score (nSPS) is 13.3. The van der Waals surface area contributed by atoms with Crippen molar-refractivity contribution in [1.82, 2.24) is 14.8 Å². The number of rotatable bonds is 3. The van der Waals surface area contributed by atoms with Crippen molar-refractivity contribution in [3.05, 3.63) is 35.3 Å². The first-order valence-corrected chi connectivity index (χ1v) is 6.53. The maximum absolute atomic E-state index is 5.76. The molecule has 0 spiro atoms. The largest absolute Gasteiger partial charge is 0.435 e. The van der Waals surface area contributed by atoms with Gasteiger partial charge in [-0.2, -0.15) is 5.10 Å². The van der Waals surface area contributed by atoms with Crippen LogP contribution in [0.5, 0.6) is 11.6 Å². The van der Waals surface area contributed by atoms with Crippen LogP contribution >= 0.6 is 12.2 Å². The van der Waals surface area contributed by atoms with Crippen molar-refractivity contribution < 1.29 is 4.74 Å². The fourth-order valence-electron chi connectivity index (χ4n) is 2.27. The molecule has 0 bridgehead atoms. The third-order valence-corrected chi connectivity index (χ3v) is 3.40. The van der Waals surface area contributed by atoms with Crippen molar-refractivity contribution in [1.29, 1.82) is 0 Å². The highest BCUT2D eigenvalue weighted by atomic mass is 32.1. The summed E-state index contributed by atoms with van der Waals surface area (Å²) in [5.74, 6) is 1.10. The molecule has 0 aromatic carbocycles. The van der Waals surface area contributed by atoms with Crippen molar-refractivity contribution in [2.24, 2.45) is 12.8 Å². The Kier molecular flexibility index (Phi) is 2.94. The number of fused-ring (bicyclic) bond motifs is 1. The molecular formula is C13H14N4OS. The van der Waals surface area contributed by atoms with Gasteiger partial charge in [0.25, 0.3) is 0 Å². The number of hydrogen-bond donors (Lipinski definition) is 1. The molecule has 19 heavy (non-hydrogen) atoms. The highest BCUT2D eigenvalue weighted by molar-refractivity contribution is 7.80. The molecule has 0 radical (unpaired) electrons. The lowest BCUT2D eigenvalue weighted by molar-refractivity contribution is 0.459. The molecule has 1 aliphatic rings. The minimum Gasteiger partial charge on any atom is -0.435 e. The zero-order valence-electron chi connectivity index (χ0n) is 10.6. The first-order chi connectivity index (χ1) is 9.13. The molecule has 0 aliphatic heterocycles. The molecular weight excluding hydrogens is 260 g/mol. The Labute approximate surface area is 116 Å². The number of nitrogens with zero attached hydrogens (tertiary/aromatic N) is 3. The first kappa shape index (κ1) is 12.1. The van der Waals surface area contributed by atoms with Crippen LogP contribution in [0.2, 0.25) is 0 Å². The quantitative estimate of drug-likeness (QED) is 0.863. The van der Waals surface area contributed by atoms with Crippen LogP contribution in [0.15, 0.2) is 18.5 Å². The first-order valence-electron chi connectivity index (χ1n) is 6.12. The van der Waals surface area contributed by atoms with Crippen LogP contribution in [0.3, 0.4) is 0 Å². The second-order valence-electron chi connectivity index (χ2n) is 4.62. The van der Waals surface area contributed by atoms with E-state index in [0.29, 0.717) is 22.2 Å². The number of thiocarbonyl (C=S) groups is 1. The Morgan fingerprint density at radius 3 is 3.00 bits per heavy atom. The Balaban J connectivity index is 2.01. The number of hydrogen-bond acceptors (Lipinski definition) is 4. The van der Waals surface area contributed by atoms with Crippen molar-refractivity contribution >= 4 is 17.2 Å². The van der Waals surface area contributed by atoms with E-state index in [9.17, 15) is 0 Å². The fourth-order valence-corrected chi connectivity index (χ4v) is 2.42. The molecule has 2 N–H and O–H groups in total. The minimum absolute atomic E-state index is 0.307. The van der Waals surface area contributed by atoms with Crippen LogP contribution in [0.25, 0.3) is 0 Å². The Morgan fingerprint density at radius 2 is 2.32 bits per heavy atom. The SMILES string of the molecule is Cn1cc(Oc2nc3c(cc2C(N)=S)CCC3)cn1. The summed E-state index contributed by atoms with van der Waals surface area (Å²) in [6, 6.07) is 2.00. The number of ether oxygens (including phenoxy) is 1. The van der Waals surface area contributed by atoms with Crippen molar-refractivity contribution in [2.75, 3.05) is 0 Å². The van der Waals surface area contributed by atoms with Gasteiger partial charge in [-0.25, -0.2) is 4.98 Å². The summed E-state index contributed by atoms with van der Waals surface area (Å²) in [5, 5.41) is 4.06. The molecule has 98 valence electrons. The van der Waals surface area contributed by atoms with Gasteiger partial charge in [-0.1, -0.05) is 12.2 Å². The van der Waals surface area contributed by atoms with Gasteiger partial charge in [0.2, 0.25) is 5.88 Å². The number of aromatic nitrogens is 3. The van der Waals surface area contributed by atoms with E-state index in [1.807, 2.05) is 13.1 Å². The van der Waals surface area contributed by atoms with Crippen molar-refractivity contribution in [3.8, 4) is 11.6 Å². The average Bonchev–Trinajstić information content (AvgIpc) is 2.96. The Bertz CT molecular complexity index is 650. The average molecular weight is 274 g/mol. The van der Waals surface area contributed by atoms with E-state index in [-0.39, 0.29) is 0 Å². The van der Waals surface area contributed by atoms with E-state index in [4.69, 9.17) is 22.7 Å². The van der Waals surface area contributed by atoms with Crippen LogP contribution in [-0.4, -0.2) is 19.8 Å². The highest BCUT2D eigenvalue weighted by Crippen LogP contribution is 2.29. The molecule has 0 saturated heterocycles. The Morgan fingerprint density at radius 1 is 1.47 bits per heavy atom. The molecule has 0 atom stereocenters. The second kappa shape index (κ2) is 4.62. The topological polar surface area (TPSA) is 66.0 Å². The van der Waals surface area contributed by atoms with Crippen LogP contribution in [0.4, 0.5) is 0 Å². The van der Waals surface area contributed by atoms with E-state index in [1.165, 1.54) is 5.56 Å². The van der Waals surface area contributed by atoms with E-state index in [0.717, 1.165) is 25.0 Å². The zero-order valence-corrected chi connectivity index (χ0v) is 11.4. The summed E-state index contributed by atoms with van der Waals surface area (Å²) in [7, 11) is 1.83. The Hall–Kier alpha value is -1.95. The molecule has 6 heteroatoms. The lowest BCUT2D eigenvalue weighted by Crippen LogP contribution is -2.13. The summed E-state index contributed by atoms with van der Waals surface area (Å²) in [4.78, 5) is 4.86. The lowest BCUT2D eigenvalue weighted by Gasteiger charge is -2.10. The summed E-state index contributed by atoms with van der Waals surface area (Å²) in [6.07, 6.45) is 6.55.